The first-order chi connectivity index (χ1) is 8.09. The molecule has 2 rings (SSSR count). The molecule has 1 aromatic rings. The van der Waals surface area contributed by atoms with E-state index in [9.17, 15) is 0 Å². The van der Waals surface area contributed by atoms with Crippen LogP contribution in [0.1, 0.15) is 45.1 Å². The maximum atomic E-state index is 6.12. The fraction of sp³-hybridized carbons (Fsp3) is 0.692. The fourth-order valence-electron chi connectivity index (χ4n) is 2.12. The Kier molecular flexibility index (Phi) is 3.87. The van der Waals surface area contributed by atoms with Gasteiger partial charge in [-0.1, -0.05) is 32.4 Å². The third-order valence-corrected chi connectivity index (χ3v) is 3.73. The number of aromatic nitrogens is 2. The normalized spacial score (nSPS) is 17.2. The number of nitrogens with one attached hydrogen (secondary N) is 1. The smallest absolute Gasteiger partial charge is 0.138 e. The molecular weight excluding hydrogens is 234 g/mol. The molecule has 1 heterocycles. The molecule has 0 amide bonds. The molecule has 4 heteroatoms. The van der Waals surface area contributed by atoms with Crippen LogP contribution in [0.5, 0.6) is 0 Å². The Morgan fingerprint density at radius 2 is 2.06 bits per heavy atom. The van der Waals surface area contributed by atoms with Crippen LogP contribution in [0.4, 0.5) is 5.82 Å². The highest BCUT2D eigenvalue weighted by molar-refractivity contribution is 6.30. The van der Waals surface area contributed by atoms with E-state index in [4.69, 9.17) is 11.6 Å². The maximum absolute atomic E-state index is 6.12. The van der Waals surface area contributed by atoms with Gasteiger partial charge in [-0.25, -0.2) is 9.97 Å². The second-order valence-electron chi connectivity index (χ2n) is 5.28. The summed E-state index contributed by atoms with van der Waals surface area (Å²) in [4.78, 5) is 8.36. The second-order valence-corrected chi connectivity index (χ2v) is 5.64. The molecule has 1 unspecified atom stereocenters. The third-order valence-electron chi connectivity index (χ3n) is 3.43. The Hall–Kier alpha value is -0.830. The van der Waals surface area contributed by atoms with Crippen LogP contribution in [0.25, 0.3) is 0 Å². The molecule has 94 valence electrons. The Morgan fingerprint density at radius 1 is 1.35 bits per heavy atom. The molecule has 1 atom stereocenters. The first-order valence-electron chi connectivity index (χ1n) is 6.33. The Morgan fingerprint density at radius 3 is 2.65 bits per heavy atom. The molecule has 17 heavy (non-hydrogen) atoms. The molecule has 3 nitrogen and oxygen atoms in total. The van der Waals surface area contributed by atoms with Gasteiger partial charge in [-0.15, -0.1) is 0 Å². The highest BCUT2D eigenvalue weighted by Gasteiger charge is 2.27. The highest BCUT2D eigenvalue weighted by Crippen LogP contribution is 2.37. The molecule has 1 aliphatic rings. The number of nitrogens with zero attached hydrogens (tertiary/aromatic N) is 2. The van der Waals surface area contributed by atoms with E-state index in [1.807, 2.05) is 0 Å². The summed E-state index contributed by atoms with van der Waals surface area (Å²) in [5.41, 5.74) is 1.03. The second kappa shape index (κ2) is 5.21. The zero-order valence-corrected chi connectivity index (χ0v) is 11.5. The zero-order chi connectivity index (χ0) is 12.4. The lowest BCUT2D eigenvalue weighted by atomic mass is 10.0. The van der Waals surface area contributed by atoms with Gasteiger partial charge < -0.3 is 5.32 Å². The SMILES string of the molecule is CC(C)c1c(Cl)ncnc1NCC(C)C1CC1. The average molecular weight is 254 g/mol. The summed E-state index contributed by atoms with van der Waals surface area (Å²) in [6.07, 6.45) is 4.28. The topological polar surface area (TPSA) is 37.8 Å². The molecule has 0 aliphatic heterocycles. The molecule has 0 spiro atoms. The number of hydrogen-bond donors (Lipinski definition) is 1. The lowest BCUT2D eigenvalue weighted by Crippen LogP contribution is -2.15. The predicted octanol–water partition coefficient (Wildman–Crippen LogP) is 3.71. The lowest BCUT2D eigenvalue weighted by molar-refractivity contribution is 0.535. The molecule has 0 aromatic carbocycles. The Balaban J connectivity index is 2.06. The van der Waals surface area contributed by atoms with Crippen LogP contribution in [-0.4, -0.2) is 16.5 Å². The average Bonchev–Trinajstić information content (AvgIpc) is 3.08. The summed E-state index contributed by atoms with van der Waals surface area (Å²) in [6.45, 7) is 7.49. The van der Waals surface area contributed by atoms with Crippen molar-refractivity contribution in [3.05, 3.63) is 17.0 Å². The van der Waals surface area contributed by atoms with E-state index in [0.717, 1.165) is 23.8 Å². The van der Waals surface area contributed by atoms with Gasteiger partial charge in [-0.2, -0.15) is 0 Å². The van der Waals surface area contributed by atoms with Crippen molar-refractivity contribution in [3.63, 3.8) is 0 Å². The summed E-state index contributed by atoms with van der Waals surface area (Å²) in [5, 5.41) is 3.99. The van der Waals surface area contributed by atoms with E-state index in [2.05, 4.69) is 36.1 Å². The quantitative estimate of drug-likeness (QED) is 0.813. The monoisotopic (exact) mass is 253 g/mol. The van der Waals surface area contributed by atoms with E-state index in [1.54, 1.807) is 0 Å². The summed E-state index contributed by atoms with van der Waals surface area (Å²) in [5.74, 6) is 2.85. The summed E-state index contributed by atoms with van der Waals surface area (Å²) in [7, 11) is 0. The van der Waals surface area contributed by atoms with Crippen LogP contribution < -0.4 is 5.32 Å². The van der Waals surface area contributed by atoms with Crippen molar-refractivity contribution < 1.29 is 0 Å². The molecule has 1 fully saturated rings. The number of anilines is 1. The van der Waals surface area contributed by atoms with Crippen molar-refractivity contribution in [3.8, 4) is 0 Å². The van der Waals surface area contributed by atoms with Gasteiger partial charge in [0.15, 0.2) is 0 Å². The van der Waals surface area contributed by atoms with E-state index >= 15 is 0 Å². The predicted molar refractivity (Wildman–Crippen MR) is 71.5 cm³/mol. The molecule has 0 bridgehead atoms. The number of rotatable bonds is 5. The van der Waals surface area contributed by atoms with Crippen LogP contribution in [0.2, 0.25) is 5.15 Å². The lowest BCUT2D eigenvalue weighted by Gasteiger charge is -2.16. The minimum absolute atomic E-state index is 0.336. The van der Waals surface area contributed by atoms with Gasteiger partial charge in [0.1, 0.15) is 17.3 Å². The van der Waals surface area contributed by atoms with Gasteiger partial charge in [0.2, 0.25) is 0 Å². The summed E-state index contributed by atoms with van der Waals surface area (Å²) in [6, 6.07) is 0. The summed E-state index contributed by atoms with van der Waals surface area (Å²) < 4.78 is 0. The molecule has 0 radical (unpaired) electrons. The molecule has 0 saturated heterocycles. The van der Waals surface area contributed by atoms with Crippen molar-refractivity contribution in [2.75, 3.05) is 11.9 Å². The van der Waals surface area contributed by atoms with E-state index in [0.29, 0.717) is 17.0 Å². The van der Waals surface area contributed by atoms with Crippen molar-refractivity contribution in [1.82, 2.24) is 9.97 Å². The molecule has 1 N–H and O–H groups in total. The molecule has 1 aromatic heterocycles. The third kappa shape index (κ3) is 3.09. The Bertz CT molecular complexity index is 388. The van der Waals surface area contributed by atoms with Crippen LogP contribution >= 0.6 is 11.6 Å². The summed E-state index contributed by atoms with van der Waals surface area (Å²) >= 11 is 6.12. The van der Waals surface area contributed by atoms with Gasteiger partial charge in [-0.3, -0.25) is 0 Å². The molecule has 1 saturated carbocycles. The van der Waals surface area contributed by atoms with Crippen LogP contribution in [0.3, 0.4) is 0 Å². The van der Waals surface area contributed by atoms with Crippen molar-refractivity contribution in [1.29, 1.82) is 0 Å². The van der Waals surface area contributed by atoms with Crippen molar-refractivity contribution in [2.24, 2.45) is 11.8 Å². The largest absolute Gasteiger partial charge is 0.369 e. The maximum Gasteiger partial charge on any atom is 0.138 e. The van der Waals surface area contributed by atoms with Gasteiger partial charge in [0.25, 0.3) is 0 Å². The number of halogens is 1. The van der Waals surface area contributed by atoms with Gasteiger partial charge in [0.05, 0.1) is 0 Å². The van der Waals surface area contributed by atoms with Crippen molar-refractivity contribution in [2.45, 2.75) is 39.5 Å². The van der Waals surface area contributed by atoms with Crippen LogP contribution in [0, 0.1) is 11.8 Å². The Labute approximate surface area is 108 Å². The van der Waals surface area contributed by atoms with Crippen molar-refractivity contribution >= 4 is 17.4 Å². The zero-order valence-electron chi connectivity index (χ0n) is 10.7. The fourth-order valence-corrected chi connectivity index (χ4v) is 2.47. The first-order valence-corrected chi connectivity index (χ1v) is 6.71. The highest BCUT2D eigenvalue weighted by atomic mass is 35.5. The van der Waals surface area contributed by atoms with Gasteiger partial charge in [0, 0.05) is 12.1 Å². The molecular formula is C13H20ClN3. The van der Waals surface area contributed by atoms with Gasteiger partial charge in [-0.05, 0) is 30.6 Å². The van der Waals surface area contributed by atoms with Crippen LogP contribution in [-0.2, 0) is 0 Å². The minimum atomic E-state index is 0.336. The number of hydrogen-bond acceptors (Lipinski definition) is 3. The van der Waals surface area contributed by atoms with E-state index in [-0.39, 0.29) is 0 Å². The molecule has 1 aliphatic carbocycles. The van der Waals surface area contributed by atoms with Crippen LogP contribution in [0.15, 0.2) is 6.33 Å². The van der Waals surface area contributed by atoms with E-state index in [1.165, 1.54) is 19.2 Å². The van der Waals surface area contributed by atoms with Gasteiger partial charge >= 0.3 is 0 Å². The van der Waals surface area contributed by atoms with E-state index < -0.39 is 0 Å². The minimum Gasteiger partial charge on any atom is -0.369 e. The first kappa shape index (κ1) is 12.6. The standard InChI is InChI=1S/C13H20ClN3/c1-8(2)11-12(14)16-7-17-13(11)15-6-9(3)10-4-5-10/h7-10H,4-6H2,1-3H3,(H,15,16,17).